The van der Waals surface area contributed by atoms with E-state index in [0.717, 1.165) is 88.2 Å². The number of hydrogen-bond donors (Lipinski definition) is 6. The molecule has 2 saturated carbocycles. The van der Waals surface area contributed by atoms with E-state index in [-0.39, 0.29) is 121 Å². The Hall–Kier alpha value is -7.32. The smallest absolute Gasteiger partial charge is 0.251 e. The summed E-state index contributed by atoms with van der Waals surface area (Å²) in [6.45, 7) is 4.73. The van der Waals surface area contributed by atoms with Crippen LogP contribution >= 0.6 is 0 Å². The number of benzene rings is 4. The molecule has 4 aliphatic rings. The van der Waals surface area contributed by atoms with Crippen LogP contribution in [0.25, 0.3) is 10.8 Å². The number of carbonyl (C=O) groups excluding carboxylic acids is 8. The largest absolute Gasteiger partial charge is 0.343 e. The maximum absolute atomic E-state index is 14.5. The number of amides is 8. The van der Waals surface area contributed by atoms with Crippen LogP contribution in [0.15, 0.2) is 84.9 Å². The molecule has 464 valence electrons. The second kappa shape index (κ2) is 31.4. The second-order valence-electron chi connectivity index (χ2n) is 24.0. The summed E-state index contributed by atoms with van der Waals surface area (Å²) in [6, 6.07) is 19.1. The lowest BCUT2D eigenvalue weighted by molar-refractivity contribution is -0.141. The fourth-order valence-corrected chi connectivity index (χ4v) is 12.7. The van der Waals surface area contributed by atoms with E-state index >= 15 is 0 Å². The molecule has 8 rings (SSSR count). The van der Waals surface area contributed by atoms with Crippen molar-refractivity contribution in [3.8, 4) is 0 Å². The Labute approximate surface area is 504 Å². The van der Waals surface area contributed by atoms with Gasteiger partial charge in [-0.3, -0.25) is 38.4 Å². The molecule has 0 radical (unpaired) electrons. The molecule has 4 fully saturated rings. The number of likely N-dealkylation sites (N-methyl/N-ethyl adjacent to an activating group) is 2. The quantitative estimate of drug-likeness (QED) is 0.0428. The van der Waals surface area contributed by atoms with E-state index in [0.29, 0.717) is 49.5 Å². The normalized spacial score (nSPS) is 18.8. The molecule has 8 amide bonds. The first-order chi connectivity index (χ1) is 41.5. The van der Waals surface area contributed by atoms with Crippen molar-refractivity contribution in [2.75, 3.05) is 66.5 Å². The summed E-state index contributed by atoms with van der Waals surface area (Å²) in [5.74, 6) is -3.24. The zero-order valence-corrected chi connectivity index (χ0v) is 50.5. The molecule has 0 aromatic heterocycles. The van der Waals surface area contributed by atoms with Crippen LogP contribution in [-0.2, 0) is 41.6 Å². The van der Waals surface area contributed by atoms with Crippen molar-refractivity contribution >= 4 is 58.0 Å². The van der Waals surface area contributed by atoms with Crippen LogP contribution in [0, 0.1) is 23.5 Å². The molecule has 4 aromatic carbocycles. The minimum absolute atomic E-state index is 0.00289. The molecule has 6 N–H and O–H groups in total. The van der Waals surface area contributed by atoms with Gasteiger partial charge in [0.1, 0.15) is 23.7 Å². The predicted octanol–water partition coefficient (Wildman–Crippen LogP) is 6.05. The first-order valence-electron chi connectivity index (χ1n) is 31.2. The van der Waals surface area contributed by atoms with Gasteiger partial charge in [-0.05, 0) is 174 Å². The molecule has 2 aliphatic carbocycles. The minimum Gasteiger partial charge on any atom is -0.343 e. The number of fused-ring (bicyclic) bond motifs is 1. The summed E-state index contributed by atoms with van der Waals surface area (Å²) in [6.07, 6.45) is 13.0. The third-order valence-electron chi connectivity index (χ3n) is 18.2. The van der Waals surface area contributed by atoms with Gasteiger partial charge < -0.3 is 51.5 Å². The lowest BCUT2D eigenvalue weighted by Crippen LogP contribution is -2.57. The Morgan fingerprint density at radius 1 is 0.500 bits per heavy atom. The Morgan fingerprint density at radius 3 is 1.23 bits per heavy atom. The van der Waals surface area contributed by atoms with Gasteiger partial charge in [0, 0.05) is 62.5 Å². The number of rotatable bonds is 26. The molecule has 0 bridgehead atoms. The first-order valence-corrected chi connectivity index (χ1v) is 31.2. The molecule has 20 heteroatoms. The fourth-order valence-electron chi connectivity index (χ4n) is 12.7. The van der Waals surface area contributed by atoms with Crippen LogP contribution in [0.1, 0.15) is 136 Å². The van der Waals surface area contributed by atoms with E-state index in [2.05, 4.69) is 31.9 Å². The van der Waals surface area contributed by atoms with E-state index in [9.17, 15) is 47.1 Å². The standard InChI is InChI=1S/C66H88F2N10O8/c1-43(69-3)61(81)73-59(47-13-7-5-8-14-47)65(85)77-33-11-17-55(77)41-75(35-31-45-19-27-53(67)28-20-45)57(79)39-71-63(83)51-25-23-50-38-52(26-24-49(50)37-51)64(84)72-40-58(80)76(36-32-46-21-29-54(68)30-22-46)42-56-18-12-34-78(56)66(86)60(48-15-9-6-10-16-48)74-62(82)44(2)70-4/h19-30,37-38,43-44,47-48,55-56,59-60,69-70H,5-18,31-36,39-42H2,1-4H3,(H,71,83)(H,72,84)(H,73,81)(H,74,82)/t43-,44-,55-,56+,59-,60-/m0/s1. The highest BCUT2D eigenvalue weighted by atomic mass is 19.1. The van der Waals surface area contributed by atoms with Crippen LogP contribution in [0.5, 0.6) is 0 Å². The molecule has 18 nitrogen and oxygen atoms in total. The molecule has 2 saturated heterocycles. The first kappa shape index (κ1) is 64.7. The van der Waals surface area contributed by atoms with Crippen LogP contribution < -0.4 is 31.9 Å². The summed E-state index contributed by atoms with van der Waals surface area (Å²) in [7, 11) is 3.40. The summed E-state index contributed by atoms with van der Waals surface area (Å²) in [5.41, 5.74) is 2.20. The van der Waals surface area contributed by atoms with Gasteiger partial charge in [0.05, 0.1) is 25.2 Å². The van der Waals surface area contributed by atoms with Gasteiger partial charge in [-0.25, -0.2) is 8.78 Å². The third-order valence-corrected chi connectivity index (χ3v) is 18.2. The zero-order chi connectivity index (χ0) is 61.3. The van der Waals surface area contributed by atoms with Gasteiger partial charge in [0.25, 0.3) is 11.8 Å². The maximum atomic E-state index is 14.5. The lowest BCUT2D eigenvalue weighted by atomic mass is 9.83. The third kappa shape index (κ3) is 17.4. The Morgan fingerprint density at radius 2 is 0.872 bits per heavy atom. The molecule has 86 heavy (non-hydrogen) atoms. The summed E-state index contributed by atoms with van der Waals surface area (Å²) >= 11 is 0. The Bertz CT molecular complexity index is 2790. The highest BCUT2D eigenvalue weighted by molar-refractivity contribution is 6.03. The van der Waals surface area contributed by atoms with E-state index in [4.69, 9.17) is 0 Å². The molecule has 2 aliphatic heterocycles. The van der Waals surface area contributed by atoms with Crippen LogP contribution in [-0.4, -0.2) is 170 Å². The lowest BCUT2D eigenvalue weighted by Gasteiger charge is -2.37. The molecule has 0 unspecified atom stereocenters. The Kier molecular flexibility index (Phi) is 23.6. The van der Waals surface area contributed by atoms with Gasteiger partial charge in [-0.1, -0.05) is 74.9 Å². The minimum atomic E-state index is -0.687. The number of likely N-dealkylation sites (tertiary alicyclic amines) is 2. The molecule has 6 atom stereocenters. The predicted molar refractivity (Wildman–Crippen MR) is 326 cm³/mol. The number of hydrogen-bond acceptors (Lipinski definition) is 10. The van der Waals surface area contributed by atoms with Crippen molar-refractivity contribution in [2.45, 2.75) is 153 Å². The van der Waals surface area contributed by atoms with Crippen LogP contribution in [0.2, 0.25) is 0 Å². The number of carbonyl (C=O) groups is 8. The van der Waals surface area contributed by atoms with Gasteiger partial charge in [0.15, 0.2) is 0 Å². The zero-order valence-electron chi connectivity index (χ0n) is 50.5. The molecule has 0 spiro atoms. The number of nitrogens with zero attached hydrogens (tertiary/aromatic N) is 4. The fraction of sp³-hybridized carbons (Fsp3) is 0.545. The van der Waals surface area contributed by atoms with Crippen molar-refractivity contribution in [1.29, 1.82) is 0 Å². The summed E-state index contributed by atoms with van der Waals surface area (Å²) in [4.78, 5) is 118. The van der Waals surface area contributed by atoms with Crippen molar-refractivity contribution in [2.24, 2.45) is 11.8 Å². The van der Waals surface area contributed by atoms with E-state index in [1.54, 1.807) is 98.4 Å². The van der Waals surface area contributed by atoms with E-state index in [1.807, 2.05) is 9.80 Å². The van der Waals surface area contributed by atoms with Crippen LogP contribution in [0.3, 0.4) is 0 Å². The number of nitrogens with one attached hydrogen (secondary N) is 6. The van der Waals surface area contributed by atoms with Gasteiger partial charge in [-0.2, -0.15) is 0 Å². The van der Waals surface area contributed by atoms with Gasteiger partial charge in [-0.15, -0.1) is 0 Å². The van der Waals surface area contributed by atoms with Gasteiger partial charge in [0.2, 0.25) is 35.4 Å². The average molecular weight is 1190 g/mol. The summed E-state index contributed by atoms with van der Waals surface area (Å²) < 4.78 is 27.8. The molecular weight excluding hydrogens is 1100 g/mol. The molecule has 4 aromatic rings. The SMILES string of the molecule is CN[C@@H](C)C(=O)N[C@H](C(=O)N1CCC[C@@H]1CN(CCc1ccc(F)cc1)C(=O)CNC(=O)c1ccc2cc(C(=O)NCC(=O)N(CCc3ccc(F)cc3)C[C@@H]3CCCN3C(=O)[C@@H](NC(=O)[C@H](C)NC)C3CCCCC3)ccc2c1)C1CCCCC1. The monoisotopic (exact) mass is 1190 g/mol. The topological polar surface area (TPSA) is 222 Å². The number of halogens is 2. The Balaban J connectivity index is 0.901. The van der Waals surface area contributed by atoms with Crippen LogP contribution in [0.4, 0.5) is 8.78 Å². The second-order valence-corrected chi connectivity index (χ2v) is 24.0. The summed E-state index contributed by atoms with van der Waals surface area (Å²) in [5, 5.41) is 19.0. The van der Waals surface area contributed by atoms with Crippen molar-refractivity contribution in [3.63, 3.8) is 0 Å². The molecule has 2 heterocycles. The highest BCUT2D eigenvalue weighted by Gasteiger charge is 2.41. The van der Waals surface area contributed by atoms with Crippen molar-refractivity contribution in [3.05, 3.63) is 119 Å². The van der Waals surface area contributed by atoms with Crippen molar-refractivity contribution in [1.82, 2.24) is 51.5 Å². The maximum Gasteiger partial charge on any atom is 0.251 e. The van der Waals surface area contributed by atoms with Gasteiger partial charge >= 0.3 is 0 Å². The highest BCUT2D eigenvalue weighted by Crippen LogP contribution is 2.32. The molecular formula is C66H88F2N10O8. The van der Waals surface area contributed by atoms with E-state index in [1.165, 1.54) is 24.3 Å². The average Bonchev–Trinajstić information content (AvgIpc) is 4.39. The van der Waals surface area contributed by atoms with Crippen molar-refractivity contribution < 1.29 is 47.1 Å². The van der Waals surface area contributed by atoms with E-state index < -0.39 is 36.0 Å².